The number of hydrogen-bond acceptors (Lipinski definition) is 2. The lowest BCUT2D eigenvalue weighted by Crippen LogP contribution is -2.21. The summed E-state index contributed by atoms with van der Waals surface area (Å²) in [4.78, 5) is 0. The molecule has 0 bridgehead atoms. The molecule has 1 aromatic rings. The van der Waals surface area contributed by atoms with E-state index in [4.69, 9.17) is 10.5 Å². The normalized spacial score (nSPS) is 21.8. The van der Waals surface area contributed by atoms with Crippen LogP contribution in [0.3, 0.4) is 0 Å². The molecule has 1 aliphatic rings. The molecule has 18 heavy (non-hydrogen) atoms. The average molecular weight is 251 g/mol. The molecule has 1 aliphatic heterocycles. The van der Waals surface area contributed by atoms with Gasteiger partial charge in [-0.1, -0.05) is 6.07 Å². The monoisotopic (exact) mass is 251 g/mol. The summed E-state index contributed by atoms with van der Waals surface area (Å²) < 4.78 is 18.7. The first-order valence-electron chi connectivity index (χ1n) is 6.80. The van der Waals surface area contributed by atoms with Gasteiger partial charge in [0.1, 0.15) is 5.82 Å². The second kappa shape index (κ2) is 6.30. The topological polar surface area (TPSA) is 35.2 Å². The van der Waals surface area contributed by atoms with Crippen molar-refractivity contribution in [2.45, 2.75) is 51.2 Å². The molecule has 100 valence electrons. The third-order valence-electron chi connectivity index (χ3n) is 3.70. The van der Waals surface area contributed by atoms with Gasteiger partial charge in [-0.15, -0.1) is 0 Å². The molecule has 1 saturated heterocycles. The summed E-state index contributed by atoms with van der Waals surface area (Å²) in [6.07, 6.45) is 5.85. The molecule has 2 N–H and O–H groups in total. The maximum Gasteiger partial charge on any atom is 0.123 e. The van der Waals surface area contributed by atoms with Crippen molar-refractivity contribution in [3.05, 3.63) is 35.1 Å². The second-order valence-electron chi connectivity index (χ2n) is 5.17. The molecule has 0 saturated carbocycles. The minimum atomic E-state index is -0.195. The van der Waals surface area contributed by atoms with Crippen LogP contribution in [0.1, 0.15) is 49.3 Å². The Morgan fingerprint density at radius 3 is 2.94 bits per heavy atom. The quantitative estimate of drug-likeness (QED) is 0.889. The fourth-order valence-corrected chi connectivity index (χ4v) is 2.61. The minimum Gasteiger partial charge on any atom is -0.378 e. The molecule has 1 fully saturated rings. The van der Waals surface area contributed by atoms with Gasteiger partial charge in [0.15, 0.2) is 0 Å². The minimum absolute atomic E-state index is 0.0175. The fourth-order valence-electron chi connectivity index (χ4n) is 2.61. The van der Waals surface area contributed by atoms with Crippen LogP contribution < -0.4 is 5.73 Å². The van der Waals surface area contributed by atoms with Crippen molar-refractivity contribution < 1.29 is 9.13 Å². The summed E-state index contributed by atoms with van der Waals surface area (Å²) in [5.41, 5.74) is 8.17. The summed E-state index contributed by atoms with van der Waals surface area (Å²) in [7, 11) is 0. The Hall–Kier alpha value is -0.930. The Balaban J connectivity index is 1.88. The van der Waals surface area contributed by atoms with E-state index in [-0.39, 0.29) is 11.9 Å². The van der Waals surface area contributed by atoms with Crippen LogP contribution in [-0.4, -0.2) is 12.7 Å². The zero-order valence-corrected chi connectivity index (χ0v) is 11.0. The Morgan fingerprint density at radius 1 is 1.44 bits per heavy atom. The predicted molar refractivity (Wildman–Crippen MR) is 70.9 cm³/mol. The number of benzene rings is 1. The molecule has 0 aromatic heterocycles. The van der Waals surface area contributed by atoms with Crippen LogP contribution in [0.4, 0.5) is 4.39 Å². The van der Waals surface area contributed by atoms with Gasteiger partial charge in [0, 0.05) is 12.6 Å². The number of rotatable bonds is 4. The van der Waals surface area contributed by atoms with E-state index in [9.17, 15) is 4.39 Å². The number of aryl methyl sites for hydroxylation is 1. The van der Waals surface area contributed by atoms with Crippen LogP contribution >= 0.6 is 0 Å². The number of hydrogen-bond donors (Lipinski definition) is 1. The van der Waals surface area contributed by atoms with Crippen molar-refractivity contribution in [3.63, 3.8) is 0 Å². The van der Waals surface area contributed by atoms with Gasteiger partial charge in [0.25, 0.3) is 0 Å². The summed E-state index contributed by atoms with van der Waals surface area (Å²) in [6.45, 7) is 2.80. The summed E-state index contributed by atoms with van der Waals surface area (Å²) in [5, 5.41) is 0. The number of halogens is 1. The van der Waals surface area contributed by atoms with Crippen LogP contribution in [0, 0.1) is 12.7 Å². The van der Waals surface area contributed by atoms with Gasteiger partial charge in [-0.25, -0.2) is 4.39 Å². The highest BCUT2D eigenvalue weighted by atomic mass is 19.1. The average Bonchev–Trinajstić information content (AvgIpc) is 2.37. The van der Waals surface area contributed by atoms with Crippen molar-refractivity contribution in [3.8, 4) is 0 Å². The molecule has 0 aliphatic carbocycles. The molecular formula is C15H22FNO. The van der Waals surface area contributed by atoms with E-state index < -0.39 is 0 Å². The van der Waals surface area contributed by atoms with Crippen LogP contribution in [0.2, 0.25) is 0 Å². The molecule has 0 radical (unpaired) electrons. The van der Waals surface area contributed by atoms with E-state index in [1.165, 1.54) is 18.9 Å². The molecule has 2 unspecified atom stereocenters. The molecule has 3 heteroatoms. The fraction of sp³-hybridized carbons (Fsp3) is 0.600. The first-order chi connectivity index (χ1) is 8.66. The maximum absolute atomic E-state index is 13.0. The van der Waals surface area contributed by atoms with Crippen molar-refractivity contribution in [1.82, 2.24) is 0 Å². The smallest absolute Gasteiger partial charge is 0.123 e. The largest absolute Gasteiger partial charge is 0.378 e. The molecule has 1 heterocycles. The molecule has 0 spiro atoms. The lowest BCUT2D eigenvalue weighted by Gasteiger charge is -2.24. The van der Waals surface area contributed by atoms with E-state index in [2.05, 4.69) is 0 Å². The van der Waals surface area contributed by atoms with Gasteiger partial charge < -0.3 is 10.5 Å². The zero-order chi connectivity index (χ0) is 13.0. The van der Waals surface area contributed by atoms with Crippen molar-refractivity contribution in [1.29, 1.82) is 0 Å². The molecule has 2 atom stereocenters. The van der Waals surface area contributed by atoms with Gasteiger partial charge in [0.05, 0.1) is 6.10 Å². The Kier molecular flexibility index (Phi) is 4.72. The van der Waals surface area contributed by atoms with Gasteiger partial charge in [-0.05, 0) is 62.3 Å². The maximum atomic E-state index is 13.0. The molecule has 2 nitrogen and oxygen atoms in total. The number of nitrogens with two attached hydrogens (primary N) is 1. The Morgan fingerprint density at radius 2 is 2.28 bits per heavy atom. The van der Waals surface area contributed by atoms with Gasteiger partial charge in [0.2, 0.25) is 0 Å². The van der Waals surface area contributed by atoms with Crippen LogP contribution in [-0.2, 0) is 4.74 Å². The first-order valence-corrected chi connectivity index (χ1v) is 6.80. The van der Waals surface area contributed by atoms with E-state index in [1.54, 1.807) is 12.1 Å². The number of ether oxygens (including phenoxy) is 1. The zero-order valence-electron chi connectivity index (χ0n) is 11.0. The SMILES string of the molecule is Cc1cc(F)ccc1C(N)CCC1CCCCO1. The van der Waals surface area contributed by atoms with Gasteiger partial charge >= 0.3 is 0 Å². The molecular weight excluding hydrogens is 229 g/mol. The van der Waals surface area contributed by atoms with Gasteiger partial charge in [-0.3, -0.25) is 0 Å². The van der Waals surface area contributed by atoms with E-state index in [1.807, 2.05) is 6.92 Å². The van der Waals surface area contributed by atoms with Crippen molar-refractivity contribution >= 4 is 0 Å². The Labute approximate surface area is 108 Å². The van der Waals surface area contributed by atoms with Crippen molar-refractivity contribution in [2.24, 2.45) is 5.73 Å². The van der Waals surface area contributed by atoms with Crippen LogP contribution in [0.15, 0.2) is 18.2 Å². The summed E-state index contributed by atoms with van der Waals surface area (Å²) in [5.74, 6) is -0.195. The standard InChI is InChI=1S/C15H22FNO/c1-11-10-12(16)5-7-14(11)15(17)8-6-13-4-2-3-9-18-13/h5,7,10,13,15H,2-4,6,8-9,17H2,1H3. The summed E-state index contributed by atoms with van der Waals surface area (Å²) in [6, 6.07) is 4.82. The third-order valence-corrected chi connectivity index (χ3v) is 3.70. The highest BCUT2D eigenvalue weighted by molar-refractivity contribution is 5.29. The van der Waals surface area contributed by atoms with Crippen molar-refractivity contribution in [2.75, 3.05) is 6.61 Å². The van der Waals surface area contributed by atoms with Gasteiger partial charge in [-0.2, -0.15) is 0 Å². The predicted octanol–water partition coefficient (Wildman–Crippen LogP) is 3.48. The van der Waals surface area contributed by atoms with Crippen LogP contribution in [0.5, 0.6) is 0 Å². The van der Waals surface area contributed by atoms with E-state index in [0.717, 1.165) is 37.0 Å². The van der Waals surface area contributed by atoms with E-state index >= 15 is 0 Å². The highest BCUT2D eigenvalue weighted by Crippen LogP contribution is 2.24. The van der Waals surface area contributed by atoms with Crippen LogP contribution in [0.25, 0.3) is 0 Å². The Bertz CT molecular complexity index is 388. The highest BCUT2D eigenvalue weighted by Gasteiger charge is 2.16. The molecule has 1 aromatic carbocycles. The third kappa shape index (κ3) is 3.53. The molecule has 0 amide bonds. The molecule has 2 rings (SSSR count). The lowest BCUT2D eigenvalue weighted by atomic mass is 9.95. The second-order valence-corrected chi connectivity index (χ2v) is 5.17. The lowest BCUT2D eigenvalue weighted by molar-refractivity contribution is 0.00911. The van der Waals surface area contributed by atoms with E-state index in [0.29, 0.717) is 6.10 Å². The first kappa shape index (κ1) is 13.5. The summed E-state index contributed by atoms with van der Waals surface area (Å²) >= 11 is 0.